The first kappa shape index (κ1) is 7.50. The van der Waals surface area contributed by atoms with Crippen LogP contribution in [0.25, 0.3) is 0 Å². The van der Waals surface area contributed by atoms with Crippen molar-refractivity contribution >= 4 is 11.8 Å². The lowest BCUT2D eigenvalue weighted by Gasteiger charge is -2.24. The summed E-state index contributed by atoms with van der Waals surface area (Å²) in [5.74, 6) is 0.142. The largest absolute Gasteiger partial charge is 0.508 e. The molecule has 0 aromatic rings. The lowest BCUT2D eigenvalue weighted by molar-refractivity contribution is 0.150. The van der Waals surface area contributed by atoms with Gasteiger partial charge in [0.2, 0.25) is 5.06 Å². The summed E-state index contributed by atoms with van der Waals surface area (Å²) < 4.78 is 5.01. The van der Waals surface area contributed by atoms with Crippen molar-refractivity contribution in [3.63, 3.8) is 0 Å². The van der Waals surface area contributed by atoms with Crippen LogP contribution in [0.15, 0.2) is 24.2 Å². The van der Waals surface area contributed by atoms with Crippen LogP contribution in [0.5, 0.6) is 0 Å². The Bertz CT molecular complexity index is 190. The molecular weight excluding hydrogens is 150 g/mol. The van der Waals surface area contributed by atoms with Crippen LogP contribution >= 0.6 is 11.8 Å². The van der Waals surface area contributed by atoms with E-state index in [2.05, 4.69) is 0 Å². The molecule has 0 aromatic carbocycles. The molecule has 4 heteroatoms. The summed E-state index contributed by atoms with van der Waals surface area (Å²) in [7, 11) is 0. The molecule has 0 aromatic heterocycles. The van der Waals surface area contributed by atoms with Gasteiger partial charge in [-0.05, 0) is 6.26 Å². The van der Waals surface area contributed by atoms with E-state index in [0.29, 0.717) is 0 Å². The number of rotatable bonds is 1. The van der Waals surface area contributed by atoms with Gasteiger partial charge in [-0.2, -0.15) is 0 Å². The maximum absolute atomic E-state index is 8.98. The van der Waals surface area contributed by atoms with Crippen molar-refractivity contribution in [2.45, 2.75) is 5.06 Å². The molecule has 1 heterocycles. The number of thioether (sulfide) groups is 1. The summed E-state index contributed by atoms with van der Waals surface area (Å²) in [6.07, 6.45) is 6.09. The van der Waals surface area contributed by atoms with E-state index in [0.717, 1.165) is 0 Å². The second-order valence-corrected chi connectivity index (χ2v) is 2.96. The van der Waals surface area contributed by atoms with Crippen LogP contribution in [-0.4, -0.2) is 16.4 Å². The quantitative estimate of drug-likeness (QED) is 0.559. The van der Waals surface area contributed by atoms with E-state index in [9.17, 15) is 0 Å². The Morgan fingerprint density at radius 2 is 2.50 bits per heavy atom. The Balaban J connectivity index is 2.76. The Kier molecular flexibility index (Phi) is 1.92. The van der Waals surface area contributed by atoms with Crippen LogP contribution in [0.1, 0.15) is 0 Å². The normalized spacial score (nSPS) is 31.2. The molecule has 1 aliphatic rings. The van der Waals surface area contributed by atoms with Gasteiger partial charge in [-0.25, -0.2) is 0 Å². The molecule has 1 rings (SSSR count). The topological polar surface area (TPSA) is 55.5 Å². The predicted molar refractivity (Wildman–Crippen MR) is 41.4 cm³/mol. The third-order valence-electron chi connectivity index (χ3n) is 1.16. The number of hydrogen-bond donors (Lipinski definition) is 2. The third-order valence-corrected chi connectivity index (χ3v) is 2.01. The standard InChI is InChI=1S/C6H9NO2S/c1-10-6(7)4-5(8)2-3-9-6/h2-4,8H,7H2,1H3. The van der Waals surface area contributed by atoms with Gasteiger partial charge in [0.05, 0.1) is 6.26 Å². The maximum Gasteiger partial charge on any atom is 0.229 e. The maximum atomic E-state index is 8.98. The highest BCUT2D eigenvalue weighted by atomic mass is 32.2. The SMILES string of the molecule is CSC1(N)C=C(O)C=CO1. The van der Waals surface area contributed by atoms with Crippen molar-refractivity contribution in [2.75, 3.05) is 6.26 Å². The number of aliphatic hydroxyl groups excluding tert-OH is 1. The van der Waals surface area contributed by atoms with Gasteiger partial charge in [0, 0.05) is 12.2 Å². The van der Waals surface area contributed by atoms with Crippen LogP contribution in [0.4, 0.5) is 0 Å². The Morgan fingerprint density at radius 1 is 1.80 bits per heavy atom. The number of allylic oxidation sites excluding steroid dienone is 1. The van der Waals surface area contributed by atoms with E-state index >= 15 is 0 Å². The molecule has 0 saturated carbocycles. The molecule has 0 saturated heterocycles. The molecule has 0 radical (unpaired) electrons. The van der Waals surface area contributed by atoms with Gasteiger partial charge in [-0.3, -0.25) is 5.73 Å². The minimum atomic E-state index is -0.890. The molecule has 1 aliphatic heterocycles. The van der Waals surface area contributed by atoms with Crippen molar-refractivity contribution in [1.29, 1.82) is 0 Å². The van der Waals surface area contributed by atoms with E-state index in [1.165, 1.54) is 30.2 Å². The van der Waals surface area contributed by atoms with Crippen LogP contribution in [0.2, 0.25) is 0 Å². The van der Waals surface area contributed by atoms with E-state index in [1.807, 2.05) is 6.26 Å². The van der Waals surface area contributed by atoms with Crippen molar-refractivity contribution < 1.29 is 9.84 Å². The number of aliphatic hydroxyl groups is 1. The minimum Gasteiger partial charge on any atom is -0.508 e. The molecule has 1 atom stereocenters. The second kappa shape index (κ2) is 2.56. The van der Waals surface area contributed by atoms with Crippen molar-refractivity contribution in [3.8, 4) is 0 Å². The summed E-state index contributed by atoms with van der Waals surface area (Å²) in [4.78, 5) is 0. The molecule has 0 bridgehead atoms. The Hall–Kier alpha value is -0.610. The van der Waals surface area contributed by atoms with Gasteiger partial charge in [0.1, 0.15) is 5.76 Å². The lowest BCUT2D eigenvalue weighted by Crippen LogP contribution is -2.36. The second-order valence-electron chi connectivity index (χ2n) is 1.92. The van der Waals surface area contributed by atoms with Gasteiger partial charge in [-0.15, -0.1) is 0 Å². The molecule has 0 aliphatic carbocycles. The highest BCUT2D eigenvalue weighted by molar-refractivity contribution is 7.99. The Labute approximate surface area is 63.5 Å². The smallest absolute Gasteiger partial charge is 0.229 e. The lowest BCUT2D eigenvalue weighted by atomic mass is 10.3. The average molecular weight is 159 g/mol. The molecule has 56 valence electrons. The van der Waals surface area contributed by atoms with E-state index in [1.54, 1.807) is 0 Å². The average Bonchev–Trinajstić information content (AvgIpc) is 1.88. The van der Waals surface area contributed by atoms with Gasteiger partial charge in [0.15, 0.2) is 0 Å². The summed E-state index contributed by atoms with van der Waals surface area (Å²) in [6.45, 7) is 0. The first-order valence-electron chi connectivity index (χ1n) is 2.76. The van der Waals surface area contributed by atoms with Gasteiger partial charge >= 0.3 is 0 Å². The van der Waals surface area contributed by atoms with E-state index in [4.69, 9.17) is 15.6 Å². The van der Waals surface area contributed by atoms with Gasteiger partial charge in [-0.1, -0.05) is 11.8 Å². The summed E-state index contributed by atoms with van der Waals surface area (Å²) in [5, 5.41) is 8.09. The highest BCUT2D eigenvalue weighted by Gasteiger charge is 2.23. The summed E-state index contributed by atoms with van der Waals surface area (Å²) >= 11 is 1.32. The zero-order valence-electron chi connectivity index (χ0n) is 5.57. The van der Waals surface area contributed by atoms with Crippen LogP contribution in [0, 0.1) is 0 Å². The molecule has 10 heavy (non-hydrogen) atoms. The Morgan fingerprint density at radius 3 is 2.90 bits per heavy atom. The van der Waals surface area contributed by atoms with Gasteiger partial charge < -0.3 is 9.84 Å². The van der Waals surface area contributed by atoms with Crippen molar-refractivity contribution in [2.24, 2.45) is 5.73 Å². The van der Waals surface area contributed by atoms with Crippen LogP contribution < -0.4 is 5.73 Å². The first-order chi connectivity index (χ1) is 4.66. The zero-order chi connectivity index (χ0) is 7.61. The molecule has 0 spiro atoms. The number of ether oxygens (including phenoxy) is 1. The van der Waals surface area contributed by atoms with Crippen LogP contribution in [-0.2, 0) is 4.74 Å². The van der Waals surface area contributed by atoms with Crippen molar-refractivity contribution in [3.05, 3.63) is 24.2 Å². The van der Waals surface area contributed by atoms with Crippen molar-refractivity contribution in [1.82, 2.24) is 0 Å². The molecule has 0 fully saturated rings. The van der Waals surface area contributed by atoms with Gasteiger partial charge in [0.25, 0.3) is 0 Å². The number of hydrogen-bond acceptors (Lipinski definition) is 4. The molecule has 3 N–H and O–H groups in total. The summed E-state index contributed by atoms with van der Waals surface area (Å²) in [6, 6.07) is 0. The molecule has 0 amide bonds. The van der Waals surface area contributed by atoms with E-state index in [-0.39, 0.29) is 5.76 Å². The molecule has 3 nitrogen and oxygen atoms in total. The summed E-state index contributed by atoms with van der Waals surface area (Å²) in [5.41, 5.74) is 5.60. The third kappa shape index (κ3) is 1.46. The predicted octanol–water partition coefficient (Wildman–Crippen LogP) is 0.948. The number of nitrogens with two attached hydrogens (primary N) is 1. The van der Waals surface area contributed by atoms with E-state index < -0.39 is 5.06 Å². The monoisotopic (exact) mass is 159 g/mol. The molecular formula is C6H9NO2S. The van der Waals surface area contributed by atoms with Crippen LogP contribution in [0.3, 0.4) is 0 Å². The fourth-order valence-electron chi connectivity index (χ4n) is 0.605. The minimum absolute atomic E-state index is 0.142. The first-order valence-corrected chi connectivity index (χ1v) is 3.99. The highest BCUT2D eigenvalue weighted by Crippen LogP contribution is 2.24. The fraction of sp³-hybridized carbons (Fsp3) is 0.333. The molecule has 1 unspecified atom stereocenters. The zero-order valence-corrected chi connectivity index (χ0v) is 6.39. The fourth-order valence-corrected chi connectivity index (χ4v) is 0.996.